The van der Waals surface area contributed by atoms with Gasteiger partial charge in [0, 0.05) is 44.3 Å². The molecule has 1 amide bonds. The molecule has 0 aliphatic carbocycles. The number of nitrogens with one attached hydrogen (secondary N) is 1. The number of halogens is 1. The van der Waals surface area contributed by atoms with Crippen molar-refractivity contribution < 1.29 is 9.18 Å². The zero-order valence-corrected chi connectivity index (χ0v) is 14.0. The molecule has 5 nitrogen and oxygen atoms in total. The predicted octanol–water partition coefficient (Wildman–Crippen LogP) is 1.43. The van der Waals surface area contributed by atoms with E-state index in [0.717, 1.165) is 32.7 Å². The van der Waals surface area contributed by atoms with Crippen molar-refractivity contribution in [3.63, 3.8) is 0 Å². The summed E-state index contributed by atoms with van der Waals surface area (Å²) in [6, 6.07) is 4.75. The van der Waals surface area contributed by atoms with Gasteiger partial charge in [0.25, 0.3) is 5.91 Å². The second-order valence-corrected chi connectivity index (χ2v) is 6.11. The van der Waals surface area contributed by atoms with Crippen molar-refractivity contribution in [3.8, 4) is 0 Å². The summed E-state index contributed by atoms with van der Waals surface area (Å²) in [4.78, 5) is 16.4. The Morgan fingerprint density at radius 2 is 2.04 bits per heavy atom. The van der Waals surface area contributed by atoms with Crippen molar-refractivity contribution in [1.82, 2.24) is 10.2 Å². The smallest absolute Gasteiger partial charge is 0.251 e. The van der Waals surface area contributed by atoms with E-state index in [1.807, 2.05) is 11.8 Å². The lowest BCUT2D eigenvalue weighted by Crippen LogP contribution is -2.46. The number of amides is 1. The van der Waals surface area contributed by atoms with Gasteiger partial charge in [-0.3, -0.25) is 4.79 Å². The summed E-state index contributed by atoms with van der Waals surface area (Å²) in [7, 11) is 0. The third-order valence-electron chi connectivity index (χ3n) is 4.26. The summed E-state index contributed by atoms with van der Waals surface area (Å²) in [6.07, 6.45) is 0.702. The average Bonchev–Trinajstić information content (AvgIpc) is 2.54. The molecule has 1 saturated heterocycles. The van der Waals surface area contributed by atoms with Crippen LogP contribution in [0.5, 0.6) is 0 Å². The SMILES string of the molecule is CCN1CCN(c2ccc(C(=O)NCCC(C)N)cc2F)CC1. The molecule has 128 valence electrons. The number of hydrogen-bond donors (Lipinski definition) is 2. The highest BCUT2D eigenvalue weighted by Gasteiger charge is 2.19. The van der Waals surface area contributed by atoms with Crippen LogP contribution in [0.1, 0.15) is 30.6 Å². The number of likely N-dealkylation sites (N-methyl/N-ethyl adjacent to an activating group) is 1. The van der Waals surface area contributed by atoms with Crippen molar-refractivity contribution in [2.75, 3.05) is 44.2 Å². The third-order valence-corrected chi connectivity index (χ3v) is 4.26. The van der Waals surface area contributed by atoms with E-state index in [0.29, 0.717) is 24.2 Å². The van der Waals surface area contributed by atoms with Gasteiger partial charge in [0.15, 0.2) is 0 Å². The van der Waals surface area contributed by atoms with E-state index in [-0.39, 0.29) is 17.8 Å². The molecular weight excluding hydrogens is 295 g/mol. The molecule has 6 heteroatoms. The number of anilines is 1. The predicted molar refractivity (Wildman–Crippen MR) is 91.3 cm³/mol. The van der Waals surface area contributed by atoms with Gasteiger partial charge >= 0.3 is 0 Å². The Bertz CT molecular complexity index is 527. The Kier molecular flexibility index (Phi) is 6.36. The first-order chi connectivity index (χ1) is 11.0. The molecule has 1 aromatic rings. The maximum atomic E-state index is 14.4. The van der Waals surface area contributed by atoms with Gasteiger partial charge in [-0.25, -0.2) is 4.39 Å². The molecule has 3 N–H and O–H groups in total. The van der Waals surface area contributed by atoms with Crippen LogP contribution in [-0.4, -0.2) is 56.1 Å². The van der Waals surface area contributed by atoms with Crippen molar-refractivity contribution >= 4 is 11.6 Å². The van der Waals surface area contributed by atoms with Crippen LogP contribution in [0.25, 0.3) is 0 Å². The normalized spacial score (nSPS) is 17.1. The highest BCUT2D eigenvalue weighted by Crippen LogP contribution is 2.22. The van der Waals surface area contributed by atoms with Crippen molar-refractivity contribution in [1.29, 1.82) is 0 Å². The maximum Gasteiger partial charge on any atom is 0.251 e. The molecule has 1 aliphatic heterocycles. The molecule has 0 saturated carbocycles. The molecule has 1 fully saturated rings. The number of nitrogens with two attached hydrogens (primary N) is 1. The lowest BCUT2D eigenvalue weighted by Gasteiger charge is -2.35. The van der Waals surface area contributed by atoms with Crippen molar-refractivity contribution in [3.05, 3.63) is 29.6 Å². The lowest BCUT2D eigenvalue weighted by molar-refractivity contribution is 0.0952. The molecule has 1 unspecified atom stereocenters. The molecule has 0 bridgehead atoms. The van der Waals surface area contributed by atoms with Crippen LogP contribution in [-0.2, 0) is 0 Å². The van der Waals surface area contributed by atoms with Gasteiger partial charge in [0.1, 0.15) is 5.82 Å². The Balaban J connectivity index is 1.96. The van der Waals surface area contributed by atoms with Crippen LogP contribution in [0.4, 0.5) is 10.1 Å². The first-order valence-electron chi connectivity index (χ1n) is 8.32. The maximum absolute atomic E-state index is 14.4. The molecule has 1 heterocycles. The fourth-order valence-corrected chi connectivity index (χ4v) is 2.73. The first kappa shape index (κ1) is 17.7. The summed E-state index contributed by atoms with van der Waals surface area (Å²) in [5.41, 5.74) is 6.57. The number of carbonyl (C=O) groups excluding carboxylic acids is 1. The van der Waals surface area contributed by atoms with E-state index in [1.54, 1.807) is 12.1 Å². The third kappa shape index (κ3) is 4.91. The zero-order chi connectivity index (χ0) is 16.8. The molecule has 0 aromatic heterocycles. The van der Waals surface area contributed by atoms with E-state index in [9.17, 15) is 9.18 Å². The molecule has 23 heavy (non-hydrogen) atoms. The van der Waals surface area contributed by atoms with Gasteiger partial charge in [-0.1, -0.05) is 6.92 Å². The second kappa shape index (κ2) is 8.26. The van der Waals surface area contributed by atoms with Gasteiger partial charge in [-0.2, -0.15) is 0 Å². The van der Waals surface area contributed by atoms with E-state index < -0.39 is 0 Å². The van der Waals surface area contributed by atoms with Crippen molar-refractivity contribution in [2.45, 2.75) is 26.3 Å². The monoisotopic (exact) mass is 322 g/mol. The van der Waals surface area contributed by atoms with Crippen LogP contribution >= 0.6 is 0 Å². The van der Waals surface area contributed by atoms with Gasteiger partial charge in [-0.15, -0.1) is 0 Å². The molecule has 2 rings (SSSR count). The van der Waals surface area contributed by atoms with Crippen LogP contribution in [0.15, 0.2) is 18.2 Å². The molecule has 1 aromatic carbocycles. The van der Waals surface area contributed by atoms with Gasteiger partial charge < -0.3 is 20.9 Å². The molecule has 0 radical (unpaired) electrons. The molecule has 1 atom stereocenters. The van der Waals surface area contributed by atoms with Crippen LogP contribution in [0.2, 0.25) is 0 Å². The average molecular weight is 322 g/mol. The summed E-state index contributed by atoms with van der Waals surface area (Å²) in [6.45, 7) is 9.05. The van der Waals surface area contributed by atoms with Gasteiger partial charge in [-0.05, 0) is 38.1 Å². The second-order valence-electron chi connectivity index (χ2n) is 6.11. The van der Waals surface area contributed by atoms with E-state index >= 15 is 0 Å². The topological polar surface area (TPSA) is 61.6 Å². The Hall–Kier alpha value is -1.66. The quantitative estimate of drug-likeness (QED) is 0.832. The zero-order valence-electron chi connectivity index (χ0n) is 14.0. The molecular formula is C17H27FN4O. The fraction of sp³-hybridized carbons (Fsp3) is 0.588. The van der Waals surface area contributed by atoms with Crippen molar-refractivity contribution in [2.24, 2.45) is 5.73 Å². The Morgan fingerprint density at radius 3 is 2.61 bits per heavy atom. The standard InChI is InChI=1S/C17H27FN4O/c1-3-21-8-10-22(11-9-21)16-5-4-14(12-15(16)18)17(23)20-7-6-13(2)19/h4-5,12-13H,3,6-11,19H2,1-2H3,(H,20,23). The van der Waals surface area contributed by atoms with Crippen LogP contribution < -0.4 is 16.0 Å². The summed E-state index contributed by atoms with van der Waals surface area (Å²) >= 11 is 0. The molecule has 0 spiro atoms. The van der Waals surface area contributed by atoms with Gasteiger partial charge in [0.2, 0.25) is 0 Å². The van der Waals surface area contributed by atoms with Gasteiger partial charge in [0.05, 0.1) is 5.69 Å². The number of nitrogens with zero attached hydrogens (tertiary/aromatic N) is 2. The highest BCUT2D eigenvalue weighted by atomic mass is 19.1. The van der Waals surface area contributed by atoms with Crippen LogP contribution in [0.3, 0.4) is 0 Å². The fourth-order valence-electron chi connectivity index (χ4n) is 2.73. The minimum Gasteiger partial charge on any atom is -0.367 e. The summed E-state index contributed by atoms with van der Waals surface area (Å²) < 4.78 is 14.4. The minimum absolute atomic E-state index is 0.0381. The van der Waals surface area contributed by atoms with E-state index in [2.05, 4.69) is 17.1 Å². The highest BCUT2D eigenvalue weighted by molar-refractivity contribution is 5.94. The first-order valence-corrected chi connectivity index (χ1v) is 8.32. The van der Waals surface area contributed by atoms with E-state index in [4.69, 9.17) is 5.73 Å². The number of piperazine rings is 1. The van der Waals surface area contributed by atoms with Crippen LogP contribution in [0, 0.1) is 5.82 Å². The lowest BCUT2D eigenvalue weighted by atomic mass is 10.1. The largest absolute Gasteiger partial charge is 0.367 e. The summed E-state index contributed by atoms with van der Waals surface area (Å²) in [5, 5.41) is 2.76. The van der Waals surface area contributed by atoms with E-state index in [1.165, 1.54) is 6.07 Å². The number of carbonyl (C=O) groups is 1. The summed E-state index contributed by atoms with van der Waals surface area (Å²) in [5.74, 6) is -0.596. The molecule has 1 aliphatic rings. The number of hydrogen-bond acceptors (Lipinski definition) is 4. The number of benzene rings is 1. The number of rotatable bonds is 6. The Labute approximate surface area is 137 Å². The minimum atomic E-state index is -0.338. The Morgan fingerprint density at radius 1 is 1.35 bits per heavy atom.